The van der Waals surface area contributed by atoms with Crippen LogP contribution in [-0.2, 0) is 14.8 Å². The van der Waals surface area contributed by atoms with Crippen LogP contribution in [0.3, 0.4) is 0 Å². The minimum atomic E-state index is -3.01. The third-order valence-corrected chi connectivity index (χ3v) is 4.58. The number of unbranched alkanes of at least 4 members (excludes halogenated alkanes) is 3. The molecule has 1 fully saturated rings. The van der Waals surface area contributed by atoms with Gasteiger partial charge >= 0.3 is 0 Å². The molecule has 1 saturated heterocycles. The van der Waals surface area contributed by atoms with Crippen molar-refractivity contribution in [2.45, 2.75) is 32.6 Å². The standard InChI is InChI=1S/C10H21NO3S/c1-2-3-4-5-10-15(12,13)11-6-8-14-9-7-11/h2-10H2,1H3. The van der Waals surface area contributed by atoms with E-state index in [1.807, 2.05) is 0 Å². The Morgan fingerprint density at radius 1 is 1.13 bits per heavy atom. The van der Waals surface area contributed by atoms with Crippen molar-refractivity contribution in [1.82, 2.24) is 4.31 Å². The second-order valence-electron chi connectivity index (χ2n) is 3.89. The molecule has 0 aliphatic carbocycles. The van der Waals surface area contributed by atoms with Crippen LogP contribution in [0.15, 0.2) is 0 Å². The number of hydrogen-bond acceptors (Lipinski definition) is 3. The number of hydrogen-bond donors (Lipinski definition) is 0. The van der Waals surface area contributed by atoms with Crippen LogP contribution in [0.5, 0.6) is 0 Å². The van der Waals surface area contributed by atoms with Crippen molar-refractivity contribution < 1.29 is 13.2 Å². The van der Waals surface area contributed by atoms with E-state index in [2.05, 4.69) is 6.92 Å². The highest BCUT2D eigenvalue weighted by Crippen LogP contribution is 2.09. The summed E-state index contributed by atoms with van der Waals surface area (Å²) in [4.78, 5) is 0. The quantitative estimate of drug-likeness (QED) is 0.651. The first-order chi connectivity index (χ1) is 7.17. The van der Waals surface area contributed by atoms with Crippen molar-refractivity contribution in [2.75, 3.05) is 32.1 Å². The Morgan fingerprint density at radius 3 is 2.40 bits per heavy atom. The molecule has 1 aliphatic heterocycles. The van der Waals surface area contributed by atoms with Crippen LogP contribution in [0, 0.1) is 0 Å². The lowest BCUT2D eigenvalue weighted by molar-refractivity contribution is 0.0730. The summed E-state index contributed by atoms with van der Waals surface area (Å²) in [5.74, 6) is 0.299. The molecule has 1 heterocycles. The fraction of sp³-hybridized carbons (Fsp3) is 1.00. The second-order valence-corrected chi connectivity index (χ2v) is 5.98. The average Bonchev–Trinajstić information content (AvgIpc) is 2.26. The van der Waals surface area contributed by atoms with Crippen molar-refractivity contribution in [3.63, 3.8) is 0 Å². The van der Waals surface area contributed by atoms with Crippen molar-refractivity contribution >= 4 is 10.0 Å². The van der Waals surface area contributed by atoms with Crippen LogP contribution in [0.2, 0.25) is 0 Å². The maximum Gasteiger partial charge on any atom is 0.214 e. The van der Waals surface area contributed by atoms with Gasteiger partial charge in [0.05, 0.1) is 19.0 Å². The van der Waals surface area contributed by atoms with Crippen molar-refractivity contribution in [3.05, 3.63) is 0 Å². The van der Waals surface area contributed by atoms with Crippen LogP contribution in [0.1, 0.15) is 32.6 Å². The van der Waals surface area contributed by atoms with E-state index in [9.17, 15) is 8.42 Å². The number of morpholine rings is 1. The Bertz CT molecular complexity index is 258. The fourth-order valence-electron chi connectivity index (χ4n) is 1.67. The molecule has 0 saturated carbocycles. The van der Waals surface area contributed by atoms with Crippen LogP contribution in [0.4, 0.5) is 0 Å². The lowest BCUT2D eigenvalue weighted by Gasteiger charge is -2.25. The van der Waals surface area contributed by atoms with Gasteiger partial charge in [-0.15, -0.1) is 0 Å². The summed E-state index contributed by atoms with van der Waals surface area (Å²) in [5, 5.41) is 0. The molecule has 0 N–H and O–H groups in total. The van der Waals surface area contributed by atoms with Gasteiger partial charge in [-0.05, 0) is 6.42 Å². The Labute approximate surface area is 92.7 Å². The minimum absolute atomic E-state index is 0.299. The zero-order valence-electron chi connectivity index (χ0n) is 9.44. The molecule has 0 unspecified atom stereocenters. The predicted octanol–water partition coefficient (Wildman–Crippen LogP) is 1.23. The van der Waals surface area contributed by atoms with Crippen LogP contribution in [-0.4, -0.2) is 44.8 Å². The molecular weight excluding hydrogens is 214 g/mol. The smallest absolute Gasteiger partial charge is 0.214 e. The molecule has 0 atom stereocenters. The molecule has 5 heteroatoms. The van der Waals surface area contributed by atoms with Gasteiger partial charge in [0.15, 0.2) is 0 Å². The van der Waals surface area contributed by atoms with Gasteiger partial charge in [0.2, 0.25) is 10.0 Å². The number of sulfonamides is 1. The molecule has 0 spiro atoms. The molecule has 0 aromatic carbocycles. The van der Waals surface area contributed by atoms with Gasteiger partial charge in [-0.1, -0.05) is 26.2 Å². The highest BCUT2D eigenvalue weighted by atomic mass is 32.2. The topological polar surface area (TPSA) is 46.6 Å². The van der Waals surface area contributed by atoms with Crippen LogP contribution >= 0.6 is 0 Å². The van der Waals surface area contributed by atoms with Gasteiger partial charge in [-0.3, -0.25) is 0 Å². The van der Waals surface area contributed by atoms with E-state index in [-0.39, 0.29) is 0 Å². The maximum absolute atomic E-state index is 11.8. The molecule has 0 amide bonds. The summed E-state index contributed by atoms with van der Waals surface area (Å²) in [6.07, 6.45) is 4.06. The molecule has 0 aromatic rings. The summed E-state index contributed by atoms with van der Waals surface area (Å²) < 4.78 is 30.3. The first-order valence-corrected chi connectivity index (χ1v) is 7.33. The van der Waals surface area contributed by atoms with E-state index in [0.717, 1.165) is 25.7 Å². The third kappa shape index (κ3) is 4.49. The van der Waals surface area contributed by atoms with Gasteiger partial charge in [0.1, 0.15) is 0 Å². The van der Waals surface area contributed by atoms with Gasteiger partial charge in [-0.2, -0.15) is 4.31 Å². The Kier molecular flexibility index (Phi) is 5.56. The second kappa shape index (κ2) is 6.45. The van der Waals surface area contributed by atoms with E-state index in [1.165, 1.54) is 0 Å². The summed E-state index contributed by atoms with van der Waals surface area (Å²) in [6, 6.07) is 0. The lowest BCUT2D eigenvalue weighted by atomic mass is 10.2. The molecule has 15 heavy (non-hydrogen) atoms. The van der Waals surface area contributed by atoms with Crippen molar-refractivity contribution in [1.29, 1.82) is 0 Å². The maximum atomic E-state index is 11.8. The molecule has 0 bridgehead atoms. The normalized spacial score (nSPS) is 19.3. The van der Waals surface area contributed by atoms with E-state index < -0.39 is 10.0 Å². The zero-order chi connectivity index (χ0) is 11.1. The lowest BCUT2D eigenvalue weighted by Crippen LogP contribution is -2.41. The average molecular weight is 235 g/mol. The van der Waals surface area contributed by atoms with E-state index in [4.69, 9.17) is 4.74 Å². The molecular formula is C10H21NO3S. The first-order valence-electron chi connectivity index (χ1n) is 5.72. The van der Waals surface area contributed by atoms with E-state index >= 15 is 0 Å². The summed E-state index contributed by atoms with van der Waals surface area (Å²) in [7, 11) is -3.01. The Balaban J connectivity index is 2.30. The van der Waals surface area contributed by atoms with E-state index in [1.54, 1.807) is 4.31 Å². The van der Waals surface area contributed by atoms with Crippen molar-refractivity contribution in [2.24, 2.45) is 0 Å². The zero-order valence-corrected chi connectivity index (χ0v) is 10.3. The van der Waals surface area contributed by atoms with Crippen LogP contribution < -0.4 is 0 Å². The fourth-order valence-corrected chi connectivity index (χ4v) is 3.20. The molecule has 0 radical (unpaired) electrons. The summed E-state index contributed by atoms with van der Waals surface area (Å²) in [6.45, 7) is 4.24. The number of ether oxygens (including phenoxy) is 1. The highest BCUT2D eigenvalue weighted by molar-refractivity contribution is 7.89. The van der Waals surface area contributed by atoms with Gasteiger partial charge in [0.25, 0.3) is 0 Å². The van der Waals surface area contributed by atoms with Gasteiger partial charge in [0, 0.05) is 13.1 Å². The number of rotatable bonds is 6. The molecule has 90 valence electrons. The monoisotopic (exact) mass is 235 g/mol. The first kappa shape index (κ1) is 12.9. The van der Waals surface area contributed by atoms with Gasteiger partial charge in [-0.25, -0.2) is 8.42 Å². The van der Waals surface area contributed by atoms with E-state index in [0.29, 0.717) is 32.1 Å². The Hall–Kier alpha value is -0.130. The van der Waals surface area contributed by atoms with Gasteiger partial charge < -0.3 is 4.74 Å². The predicted molar refractivity (Wildman–Crippen MR) is 60.3 cm³/mol. The SMILES string of the molecule is CCCCCCS(=O)(=O)N1CCOCC1. The van der Waals surface area contributed by atoms with Crippen LogP contribution in [0.25, 0.3) is 0 Å². The summed E-state index contributed by atoms with van der Waals surface area (Å²) in [5.41, 5.74) is 0. The Morgan fingerprint density at radius 2 is 1.80 bits per heavy atom. The minimum Gasteiger partial charge on any atom is -0.379 e. The van der Waals surface area contributed by atoms with Crippen molar-refractivity contribution in [3.8, 4) is 0 Å². The summed E-state index contributed by atoms with van der Waals surface area (Å²) >= 11 is 0. The molecule has 4 nitrogen and oxygen atoms in total. The molecule has 0 aromatic heterocycles. The largest absolute Gasteiger partial charge is 0.379 e. The highest BCUT2D eigenvalue weighted by Gasteiger charge is 2.23. The third-order valence-electron chi connectivity index (χ3n) is 2.62. The number of nitrogens with zero attached hydrogens (tertiary/aromatic N) is 1. The molecule has 1 rings (SSSR count). The molecule has 1 aliphatic rings.